The summed E-state index contributed by atoms with van der Waals surface area (Å²) in [5.74, 6) is -5.11. The van der Waals surface area contributed by atoms with Crippen molar-refractivity contribution in [2.24, 2.45) is 0 Å². The molecule has 8 heteroatoms. The molecular formula is C14H15F5O3. The molecule has 0 aliphatic carbocycles. The van der Waals surface area contributed by atoms with Crippen LogP contribution >= 0.6 is 0 Å². The van der Waals surface area contributed by atoms with Crippen molar-refractivity contribution in [3.8, 4) is 5.75 Å². The van der Waals surface area contributed by atoms with Gasteiger partial charge >= 0.3 is 18.1 Å². The summed E-state index contributed by atoms with van der Waals surface area (Å²) in [7, 11) is 0. The Morgan fingerprint density at radius 3 is 2.45 bits per heavy atom. The average molecular weight is 326 g/mol. The Bertz CT molecular complexity index is 499. The normalized spacial score (nSPS) is 12.1. The molecule has 0 atom stereocenters. The van der Waals surface area contributed by atoms with Crippen molar-refractivity contribution in [2.75, 3.05) is 13.2 Å². The summed E-state index contributed by atoms with van der Waals surface area (Å²) in [6, 6.07) is 5.76. The molecule has 0 unspecified atom stereocenters. The maximum Gasteiger partial charge on any atom is 0.453 e. The van der Waals surface area contributed by atoms with Gasteiger partial charge in [-0.05, 0) is 31.5 Å². The predicted molar refractivity (Wildman–Crippen MR) is 68.1 cm³/mol. The van der Waals surface area contributed by atoms with Crippen LogP contribution in [0.5, 0.6) is 5.75 Å². The van der Waals surface area contributed by atoms with E-state index in [4.69, 9.17) is 9.47 Å². The van der Waals surface area contributed by atoms with Gasteiger partial charge in [-0.3, -0.25) is 0 Å². The second-order valence-electron chi connectivity index (χ2n) is 4.40. The smallest absolute Gasteiger partial charge is 0.453 e. The first-order valence-electron chi connectivity index (χ1n) is 6.52. The Labute approximate surface area is 124 Å². The Balaban J connectivity index is 2.49. The van der Waals surface area contributed by atoms with Crippen LogP contribution in [0.25, 0.3) is 0 Å². The van der Waals surface area contributed by atoms with Gasteiger partial charge in [-0.15, -0.1) is 0 Å². The van der Waals surface area contributed by atoms with Gasteiger partial charge in [0.2, 0.25) is 0 Å². The zero-order valence-corrected chi connectivity index (χ0v) is 11.8. The Morgan fingerprint density at radius 2 is 1.86 bits per heavy atom. The lowest BCUT2D eigenvalue weighted by atomic mass is 10.2. The molecular weight excluding hydrogens is 311 g/mol. The maximum atomic E-state index is 12.7. The van der Waals surface area contributed by atoms with Gasteiger partial charge in [0.25, 0.3) is 0 Å². The lowest BCUT2D eigenvalue weighted by molar-refractivity contribution is -0.284. The van der Waals surface area contributed by atoms with E-state index in [2.05, 4.69) is 0 Å². The molecule has 0 radical (unpaired) electrons. The highest BCUT2D eigenvalue weighted by Gasteiger charge is 2.56. The van der Waals surface area contributed by atoms with E-state index in [0.29, 0.717) is 0 Å². The summed E-state index contributed by atoms with van der Waals surface area (Å²) in [5, 5.41) is 0. The van der Waals surface area contributed by atoms with E-state index in [1.807, 2.05) is 0 Å². The molecule has 0 aliphatic rings. The van der Waals surface area contributed by atoms with Crippen LogP contribution in [0.3, 0.4) is 0 Å². The first-order valence-corrected chi connectivity index (χ1v) is 6.52. The predicted octanol–water partition coefficient (Wildman–Crippen LogP) is 4.22. The summed E-state index contributed by atoms with van der Waals surface area (Å²) in [4.78, 5) is 11.5. The van der Waals surface area contributed by atoms with E-state index in [1.54, 1.807) is 6.92 Å². The van der Waals surface area contributed by atoms with Crippen LogP contribution in [0.2, 0.25) is 0 Å². The molecule has 124 valence electrons. The Hall–Kier alpha value is -1.86. The van der Waals surface area contributed by atoms with Crippen molar-refractivity contribution in [3.05, 3.63) is 29.8 Å². The van der Waals surface area contributed by atoms with Gasteiger partial charge < -0.3 is 9.47 Å². The van der Waals surface area contributed by atoms with E-state index < -0.39 is 30.9 Å². The molecule has 0 saturated heterocycles. The van der Waals surface area contributed by atoms with Crippen molar-refractivity contribution in [2.45, 2.75) is 31.9 Å². The number of carbonyl (C=O) groups is 1. The van der Waals surface area contributed by atoms with Crippen molar-refractivity contribution >= 4 is 5.97 Å². The van der Waals surface area contributed by atoms with Crippen LogP contribution in [-0.2, 0) is 4.74 Å². The first kappa shape index (κ1) is 18.2. The number of hydrogen-bond donors (Lipinski definition) is 0. The second kappa shape index (κ2) is 7.42. The summed E-state index contributed by atoms with van der Waals surface area (Å²) in [5.41, 5.74) is 0.208. The minimum absolute atomic E-state index is 0.191. The highest BCUT2D eigenvalue weighted by molar-refractivity contribution is 5.89. The molecule has 0 amide bonds. The standard InChI is InChI=1S/C14H15F5O3/c1-2-21-12(20)10-5-3-6-11(9-10)22-8-4-7-13(15,16)14(17,18)19/h3,5-6,9H,2,4,7-8H2,1H3. The number of rotatable bonds is 7. The summed E-state index contributed by atoms with van der Waals surface area (Å²) in [6.07, 6.45) is -7.39. The minimum atomic E-state index is -5.56. The number of alkyl halides is 5. The Morgan fingerprint density at radius 1 is 1.18 bits per heavy atom. The molecule has 0 spiro atoms. The minimum Gasteiger partial charge on any atom is -0.494 e. The topological polar surface area (TPSA) is 35.5 Å². The van der Waals surface area contributed by atoms with Crippen molar-refractivity contribution in [1.29, 1.82) is 0 Å². The van der Waals surface area contributed by atoms with Crippen molar-refractivity contribution in [3.63, 3.8) is 0 Å². The maximum absolute atomic E-state index is 12.7. The van der Waals surface area contributed by atoms with Gasteiger partial charge in [0.15, 0.2) is 0 Å². The Kier molecular flexibility index (Phi) is 6.13. The third-order valence-electron chi connectivity index (χ3n) is 2.66. The highest BCUT2D eigenvalue weighted by Crippen LogP contribution is 2.38. The van der Waals surface area contributed by atoms with Gasteiger partial charge in [-0.25, -0.2) is 4.79 Å². The molecule has 1 aromatic rings. The number of benzene rings is 1. The molecule has 0 fully saturated rings. The lowest BCUT2D eigenvalue weighted by Gasteiger charge is -2.19. The zero-order valence-electron chi connectivity index (χ0n) is 11.8. The van der Waals surface area contributed by atoms with Gasteiger partial charge in [0.05, 0.1) is 18.8 Å². The summed E-state index contributed by atoms with van der Waals surface area (Å²) < 4.78 is 71.1. The van der Waals surface area contributed by atoms with Gasteiger partial charge in [0.1, 0.15) is 5.75 Å². The fraction of sp³-hybridized carbons (Fsp3) is 0.500. The fourth-order valence-corrected chi connectivity index (χ4v) is 1.55. The molecule has 0 aromatic heterocycles. The van der Waals surface area contributed by atoms with E-state index in [9.17, 15) is 26.7 Å². The monoisotopic (exact) mass is 326 g/mol. The van der Waals surface area contributed by atoms with Crippen LogP contribution in [0.1, 0.15) is 30.1 Å². The van der Waals surface area contributed by atoms with Crippen LogP contribution in [-0.4, -0.2) is 31.3 Å². The number of hydrogen-bond acceptors (Lipinski definition) is 3. The number of halogens is 5. The average Bonchev–Trinajstić information content (AvgIpc) is 2.43. The summed E-state index contributed by atoms with van der Waals surface area (Å²) in [6.45, 7) is 1.51. The van der Waals surface area contributed by atoms with Crippen LogP contribution < -0.4 is 4.74 Å². The third kappa shape index (κ3) is 5.16. The van der Waals surface area contributed by atoms with E-state index >= 15 is 0 Å². The molecule has 0 saturated carbocycles. The third-order valence-corrected chi connectivity index (χ3v) is 2.66. The lowest BCUT2D eigenvalue weighted by Crippen LogP contribution is -2.36. The zero-order chi connectivity index (χ0) is 16.8. The number of carbonyl (C=O) groups excluding carboxylic acids is 1. The van der Waals surface area contributed by atoms with Crippen LogP contribution in [0, 0.1) is 0 Å². The van der Waals surface area contributed by atoms with E-state index in [1.165, 1.54) is 24.3 Å². The SMILES string of the molecule is CCOC(=O)c1cccc(OCCCC(F)(F)C(F)(F)F)c1. The molecule has 0 heterocycles. The number of ether oxygens (including phenoxy) is 2. The largest absolute Gasteiger partial charge is 0.494 e. The van der Waals surface area contributed by atoms with Crippen LogP contribution in [0.4, 0.5) is 22.0 Å². The van der Waals surface area contributed by atoms with E-state index in [-0.39, 0.29) is 24.5 Å². The molecule has 3 nitrogen and oxygen atoms in total. The molecule has 0 aliphatic heterocycles. The van der Waals surface area contributed by atoms with Crippen LogP contribution in [0.15, 0.2) is 24.3 Å². The summed E-state index contributed by atoms with van der Waals surface area (Å²) >= 11 is 0. The quantitative estimate of drug-likeness (QED) is 0.427. The first-order chi connectivity index (χ1) is 10.2. The molecule has 22 heavy (non-hydrogen) atoms. The second-order valence-corrected chi connectivity index (χ2v) is 4.40. The van der Waals surface area contributed by atoms with Gasteiger partial charge in [-0.1, -0.05) is 6.07 Å². The van der Waals surface area contributed by atoms with Gasteiger partial charge in [0, 0.05) is 6.42 Å². The number of esters is 1. The molecule has 0 bridgehead atoms. The van der Waals surface area contributed by atoms with Gasteiger partial charge in [-0.2, -0.15) is 22.0 Å². The highest BCUT2D eigenvalue weighted by atomic mass is 19.4. The molecule has 1 aromatic carbocycles. The van der Waals surface area contributed by atoms with Crippen molar-refractivity contribution in [1.82, 2.24) is 0 Å². The van der Waals surface area contributed by atoms with E-state index in [0.717, 1.165) is 0 Å². The fourth-order valence-electron chi connectivity index (χ4n) is 1.55. The molecule has 1 rings (SSSR count). The molecule has 0 N–H and O–H groups in total. The van der Waals surface area contributed by atoms with Crippen molar-refractivity contribution < 1.29 is 36.2 Å².